The monoisotopic (exact) mass is 318 g/mol. The molecule has 4 aromatic carbocycles. The van der Waals surface area contributed by atoms with Crippen molar-refractivity contribution >= 4 is 32.3 Å². The van der Waals surface area contributed by atoms with Crippen LogP contribution in [0.15, 0.2) is 42.5 Å². The van der Waals surface area contributed by atoms with Gasteiger partial charge in [-0.2, -0.15) is 0 Å². The Labute approximate surface area is 142 Å². The second-order valence-corrected chi connectivity index (χ2v) is 7.43. The molecule has 0 N–H and O–H groups in total. The Morgan fingerprint density at radius 3 is 1.58 bits per heavy atom. The lowest BCUT2D eigenvalue weighted by Gasteiger charge is -2.22. The Balaban J connectivity index is 2.23. The largest absolute Gasteiger partial charge is 0.496 e. The summed E-state index contributed by atoms with van der Waals surface area (Å²) < 4.78 is 11.2. The average Bonchev–Trinajstić information content (AvgIpc) is 2.57. The van der Waals surface area contributed by atoms with Gasteiger partial charge in [-0.05, 0) is 39.3 Å². The van der Waals surface area contributed by atoms with E-state index < -0.39 is 0 Å². The molecule has 2 nitrogen and oxygen atoms in total. The molecule has 122 valence electrons. The van der Waals surface area contributed by atoms with Gasteiger partial charge < -0.3 is 9.47 Å². The molecule has 0 fully saturated rings. The molecule has 0 spiro atoms. The number of hydrogen-bond acceptors (Lipinski definition) is 2. The summed E-state index contributed by atoms with van der Waals surface area (Å²) >= 11 is 0. The first-order valence-electron chi connectivity index (χ1n) is 8.28. The van der Waals surface area contributed by atoms with Gasteiger partial charge in [-0.1, -0.05) is 45.0 Å². The predicted molar refractivity (Wildman–Crippen MR) is 102 cm³/mol. The average molecular weight is 318 g/mol. The van der Waals surface area contributed by atoms with Crippen LogP contribution in [0.25, 0.3) is 32.3 Å². The highest BCUT2D eigenvalue weighted by molar-refractivity contribution is 6.25. The Hall–Kier alpha value is -2.48. The van der Waals surface area contributed by atoms with E-state index >= 15 is 0 Å². The molecule has 0 aliphatic heterocycles. The number of ether oxygens (including phenoxy) is 2. The number of methoxy groups -OCH3 is 2. The highest BCUT2D eigenvalue weighted by Gasteiger charge is 2.19. The van der Waals surface area contributed by atoms with E-state index in [9.17, 15) is 0 Å². The molecule has 0 heterocycles. The van der Waals surface area contributed by atoms with E-state index in [0.29, 0.717) is 0 Å². The Morgan fingerprint density at radius 2 is 1.17 bits per heavy atom. The SMILES string of the molecule is COc1cc(OC)c2ccc3cc(C(C)(C)C)cc4ccc1c2c43. The fourth-order valence-electron chi connectivity index (χ4n) is 3.62. The molecule has 2 heteroatoms. The summed E-state index contributed by atoms with van der Waals surface area (Å²) in [4.78, 5) is 0. The van der Waals surface area contributed by atoms with Crippen LogP contribution in [-0.2, 0) is 5.41 Å². The molecule has 0 aliphatic rings. The van der Waals surface area contributed by atoms with Crippen LogP contribution in [0, 0.1) is 0 Å². The van der Waals surface area contributed by atoms with Crippen molar-refractivity contribution in [3.8, 4) is 11.5 Å². The molecule has 4 aromatic rings. The summed E-state index contributed by atoms with van der Waals surface area (Å²) in [5, 5.41) is 7.32. The minimum atomic E-state index is 0.125. The molecule has 0 saturated heterocycles. The maximum Gasteiger partial charge on any atom is 0.130 e. The van der Waals surface area contributed by atoms with E-state index in [-0.39, 0.29) is 5.41 Å². The predicted octanol–water partition coefficient (Wildman–Crippen LogP) is 5.90. The highest BCUT2D eigenvalue weighted by atomic mass is 16.5. The van der Waals surface area contributed by atoms with E-state index in [1.807, 2.05) is 6.07 Å². The summed E-state index contributed by atoms with van der Waals surface area (Å²) in [6, 6.07) is 15.3. The first-order chi connectivity index (χ1) is 11.4. The highest BCUT2D eigenvalue weighted by Crippen LogP contribution is 2.44. The summed E-state index contributed by atoms with van der Waals surface area (Å²) in [6.45, 7) is 6.77. The summed E-state index contributed by atoms with van der Waals surface area (Å²) in [5.74, 6) is 1.71. The second kappa shape index (κ2) is 5.01. The van der Waals surface area contributed by atoms with Crippen LogP contribution in [0.3, 0.4) is 0 Å². The normalized spacial score (nSPS) is 12.4. The minimum Gasteiger partial charge on any atom is -0.496 e. The minimum absolute atomic E-state index is 0.125. The van der Waals surface area contributed by atoms with Crippen LogP contribution in [0.2, 0.25) is 0 Å². The maximum absolute atomic E-state index is 5.61. The van der Waals surface area contributed by atoms with Gasteiger partial charge in [0.15, 0.2) is 0 Å². The summed E-state index contributed by atoms with van der Waals surface area (Å²) in [7, 11) is 3.42. The summed E-state index contributed by atoms with van der Waals surface area (Å²) in [6.07, 6.45) is 0. The Morgan fingerprint density at radius 1 is 0.667 bits per heavy atom. The van der Waals surface area contributed by atoms with Crippen molar-refractivity contribution in [1.82, 2.24) is 0 Å². The molecule has 0 amide bonds. The van der Waals surface area contributed by atoms with Crippen molar-refractivity contribution in [3.63, 3.8) is 0 Å². The zero-order valence-electron chi connectivity index (χ0n) is 14.9. The first kappa shape index (κ1) is 15.1. The zero-order valence-corrected chi connectivity index (χ0v) is 14.9. The molecule has 0 radical (unpaired) electrons. The van der Waals surface area contributed by atoms with Crippen LogP contribution in [-0.4, -0.2) is 14.2 Å². The Bertz CT molecular complexity index is 983. The second-order valence-electron chi connectivity index (χ2n) is 7.43. The van der Waals surface area contributed by atoms with Gasteiger partial charge in [-0.3, -0.25) is 0 Å². The van der Waals surface area contributed by atoms with Crippen LogP contribution >= 0.6 is 0 Å². The van der Waals surface area contributed by atoms with Crippen molar-refractivity contribution in [2.24, 2.45) is 0 Å². The van der Waals surface area contributed by atoms with Crippen LogP contribution in [0.5, 0.6) is 11.5 Å². The molecule has 4 rings (SSSR count). The van der Waals surface area contributed by atoms with Gasteiger partial charge >= 0.3 is 0 Å². The van der Waals surface area contributed by atoms with E-state index in [4.69, 9.17) is 9.47 Å². The third-order valence-electron chi connectivity index (χ3n) is 4.95. The van der Waals surface area contributed by atoms with Gasteiger partial charge in [0.25, 0.3) is 0 Å². The van der Waals surface area contributed by atoms with Crippen molar-refractivity contribution in [1.29, 1.82) is 0 Å². The van der Waals surface area contributed by atoms with Gasteiger partial charge in [0, 0.05) is 22.2 Å². The topological polar surface area (TPSA) is 18.5 Å². The van der Waals surface area contributed by atoms with Gasteiger partial charge in [-0.15, -0.1) is 0 Å². The number of rotatable bonds is 2. The summed E-state index contributed by atoms with van der Waals surface area (Å²) in [5.41, 5.74) is 1.48. The van der Waals surface area contributed by atoms with Crippen molar-refractivity contribution in [2.45, 2.75) is 26.2 Å². The Kier molecular flexibility index (Phi) is 3.14. The van der Waals surface area contributed by atoms with Crippen LogP contribution in [0.4, 0.5) is 0 Å². The first-order valence-corrected chi connectivity index (χ1v) is 8.28. The molecule has 0 saturated carbocycles. The van der Waals surface area contributed by atoms with E-state index in [0.717, 1.165) is 22.3 Å². The third kappa shape index (κ3) is 2.02. The molecule has 0 unspecified atom stereocenters. The molecule has 0 aliphatic carbocycles. The molecule has 0 aromatic heterocycles. The molecule has 0 bridgehead atoms. The van der Waals surface area contributed by atoms with Gasteiger partial charge in [0.2, 0.25) is 0 Å². The van der Waals surface area contributed by atoms with Crippen LogP contribution in [0.1, 0.15) is 26.3 Å². The quantitative estimate of drug-likeness (QED) is 0.428. The fourth-order valence-corrected chi connectivity index (χ4v) is 3.62. The van der Waals surface area contributed by atoms with Gasteiger partial charge in [0.05, 0.1) is 14.2 Å². The molecular weight excluding hydrogens is 296 g/mol. The molecular formula is C22H22O2. The zero-order chi connectivity index (χ0) is 17.1. The van der Waals surface area contributed by atoms with E-state index in [2.05, 4.69) is 57.2 Å². The van der Waals surface area contributed by atoms with Crippen LogP contribution < -0.4 is 9.47 Å². The smallest absolute Gasteiger partial charge is 0.130 e. The maximum atomic E-state index is 5.61. The number of hydrogen-bond donors (Lipinski definition) is 0. The van der Waals surface area contributed by atoms with Crippen molar-refractivity contribution in [3.05, 3.63) is 48.0 Å². The lowest BCUT2D eigenvalue weighted by molar-refractivity contribution is 0.401. The fraction of sp³-hybridized carbons (Fsp3) is 0.273. The standard InChI is InChI=1S/C22H22O2/c1-22(2,3)15-10-13-6-8-16-18(23-4)12-19(24-5)17-9-7-14(11-15)20(13)21(16)17/h6-12H,1-5H3. The lowest BCUT2D eigenvalue weighted by atomic mass is 9.83. The van der Waals surface area contributed by atoms with Gasteiger partial charge in [-0.25, -0.2) is 0 Å². The molecule has 24 heavy (non-hydrogen) atoms. The van der Waals surface area contributed by atoms with E-state index in [1.54, 1.807) is 14.2 Å². The third-order valence-corrected chi connectivity index (χ3v) is 4.95. The van der Waals surface area contributed by atoms with Crippen molar-refractivity contribution in [2.75, 3.05) is 14.2 Å². The lowest BCUT2D eigenvalue weighted by Crippen LogP contribution is -2.10. The van der Waals surface area contributed by atoms with Gasteiger partial charge in [0.1, 0.15) is 11.5 Å². The number of benzene rings is 4. The van der Waals surface area contributed by atoms with E-state index in [1.165, 1.54) is 27.1 Å². The van der Waals surface area contributed by atoms with Crippen molar-refractivity contribution < 1.29 is 9.47 Å². The molecule has 0 atom stereocenters.